The van der Waals surface area contributed by atoms with Gasteiger partial charge in [0.05, 0.1) is 23.4 Å². The number of carbonyl (C=O) groups excluding carboxylic acids is 3. The van der Waals surface area contributed by atoms with Crippen LogP contribution in [0.25, 0.3) is 0 Å². The maximum absolute atomic E-state index is 12.6. The summed E-state index contributed by atoms with van der Waals surface area (Å²) in [5.41, 5.74) is 0.461. The van der Waals surface area contributed by atoms with Crippen molar-refractivity contribution in [3.63, 3.8) is 0 Å². The molecular weight excluding hydrogens is 284 g/mol. The van der Waals surface area contributed by atoms with E-state index in [0.717, 1.165) is 4.90 Å². The predicted molar refractivity (Wildman–Crippen MR) is 77.8 cm³/mol. The van der Waals surface area contributed by atoms with E-state index in [9.17, 15) is 14.4 Å². The molecule has 0 aliphatic carbocycles. The Labute approximate surface area is 126 Å². The molecule has 0 N–H and O–H groups in total. The first-order valence-corrected chi connectivity index (χ1v) is 6.75. The molecule has 6 heteroatoms. The molecule has 3 rings (SSSR count). The molecule has 2 amide bonds. The van der Waals surface area contributed by atoms with Crippen LogP contribution >= 0.6 is 0 Å². The summed E-state index contributed by atoms with van der Waals surface area (Å²) in [6, 6.07) is 9.90. The molecule has 1 aromatic heterocycles. The van der Waals surface area contributed by atoms with E-state index in [1.165, 1.54) is 12.3 Å². The third-order valence-electron chi connectivity index (χ3n) is 3.28. The second kappa shape index (κ2) is 5.40. The lowest BCUT2D eigenvalue weighted by Gasteiger charge is -2.13. The van der Waals surface area contributed by atoms with Gasteiger partial charge >= 0.3 is 5.97 Å². The molecule has 0 saturated heterocycles. The molecule has 0 spiro atoms. The van der Waals surface area contributed by atoms with Crippen LogP contribution in [0.4, 0.5) is 5.69 Å². The van der Waals surface area contributed by atoms with Crippen molar-refractivity contribution in [3.05, 3.63) is 59.4 Å². The Bertz CT molecular complexity index is 771. The number of rotatable bonds is 3. The Hall–Kier alpha value is -3.02. The second-order valence-corrected chi connectivity index (χ2v) is 4.58. The zero-order chi connectivity index (χ0) is 15.7. The molecule has 0 saturated carbocycles. The number of carbonyl (C=O) groups is 3. The molecule has 110 valence electrons. The molecule has 0 radical (unpaired) electrons. The summed E-state index contributed by atoms with van der Waals surface area (Å²) >= 11 is 0. The van der Waals surface area contributed by atoms with Crippen LogP contribution in [0.5, 0.6) is 0 Å². The number of benzene rings is 1. The van der Waals surface area contributed by atoms with Crippen molar-refractivity contribution in [1.82, 2.24) is 4.98 Å². The lowest BCUT2D eigenvalue weighted by atomic mass is 10.1. The van der Waals surface area contributed by atoms with Crippen LogP contribution in [0.1, 0.15) is 38.1 Å². The van der Waals surface area contributed by atoms with Gasteiger partial charge in [0.1, 0.15) is 5.69 Å². The number of nitrogens with zero attached hydrogens (tertiary/aromatic N) is 2. The maximum Gasteiger partial charge on any atom is 0.339 e. The normalized spacial score (nSPS) is 13.2. The van der Waals surface area contributed by atoms with Gasteiger partial charge in [0.2, 0.25) is 0 Å². The fourth-order valence-electron chi connectivity index (χ4n) is 2.34. The fourth-order valence-corrected chi connectivity index (χ4v) is 2.34. The smallest absolute Gasteiger partial charge is 0.339 e. The maximum atomic E-state index is 12.6. The van der Waals surface area contributed by atoms with E-state index < -0.39 is 17.8 Å². The largest absolute Gasteiger partial charge is 0.462 e. The number of imide groups is 1. The molecule has 1 aliphatic heterocycles. The van der Waals surface area contributed by atoms with Gasteiger partial charge in [-0.3, -0.25) is 14.6 Å². The summed E-state index contributed by atoms with van der Waals surface area (Å²) in [7, 11) is 0. The first-order valence-electron chi connectivity index (χ1n) is 6.75. The Morgan fingerprint density at radius 1 is 1.14 bits per heavy atom. The van der Waals surface area contributed by atoms with E-state index in [4.69, 9.17) is 4.74 Å². The standard InChI is InChI=1S/C16H12N2O4/c1-2-22-16(21)11-8-9-17-13-12(11)14(19)18(15(13)20)10-6-4-3-5-7-10/h3-9H,2H2,1H3. The van der Waals surface area contributed by atoms with Crippen molar-refractivity contribution in [2.75, 3.05) is 11.5 Å². The number of amides is 2. The Kier molecular flexibility index (Phi) is 3.42. The Balaban J connectivity index is 2.10. The molecule has 0 bridgehead atoms. The van der Waals surface area contributed by atoms with Gasteiger partial charge < -0.3 is 4.74 Å². The number of anilines is 1. The van der Waals surface area contributed by atoms with Crippen molar-refractivity contribution >= 4 is 23.5 Å². The van der Waals surface area contributed by atoms with E-state index in [1.807, 2.05) is 0 Å². The molecule has 2 aromatic rings. The van der Waals surface area contributed by atoms with Crippen LogP contribution < -0.4 is 4.90 Å². The third kappa shape index (κ3) is 2.05. The molecule has 2 heterocycles. The Morgan fingerprint density at radius 3 is 2.55 bits per heavy atom. The summed E-state index contributed by atoms with van der Waals surface area (Å²) in [5, 5.41) is 0. The highest BCUT2D eigenvalue weighted by Gasteiger charge is 2.41. The molecule has 0 unspecified atom stereocenters. The van der Waals surface area contributed by atoms with Crippen LogP contribution in [-0.4, -0.2) is 29.4 Å². The number of fused-ring (bicyclic) bond motifs is 1. The van der Waals surface area contributed by atoms with Crippen LogP contribution in [0.15, 0.2) is 42.6 Å². The average molecular weight is 296 g/mol. The lowest BCUT2D eigenvalue weighted by Crippen LogP contribution is -2.29. The van der Waals surface area contributed by atoms with Gasteiger partial charge in [0.25, 0.3) is 11.8 Å². The van der Waals surface area contributed by atoms with E-state index >= 15 is 0 Å². The van der Waals surface area contributed by atoms with Crippen molar-refractivity contribution < 1.29 is 19.1 Å². The second-order valence-electron chi connectivity index (χ2n) is 4.58. The van der Waals surface area contributed by atoms with Gasteiger partial charge in [0.15, 0.2) is 0 Å². The van der Waals surface area contributed by atoms with Crippen molar-refractivity contribution in [2.24, 2.45) is 0 Å². The molecule has 22 heavy (non-hydrogen) atoms. The van der Waals surface area contributed by atoms with Gasteiger partial charge in [-0.2, -0.15) is 0 Å². The van der Waals surface area contributed by atoms with Crippen molar-refractivity contribution in [3.8, 4) is 0 Å². The van der Waals surface area contributed by atoms with Crippen LogP contribution in [-0.2, 0) is 4.74 Å². The van der Waals surface area contributed by atoms with Crippen LogP contribution in [0, 0.1) is 0 Å². The first kappa shape index (κ1) is 13.9. The highest BCUT2D eigenvalue weighted by molar-refractivity contribution is 6.35. The van der Waals surface area contributed by atoms with Crippen LogP contribution in [0.2, 0.25) is 0 Å². The van der Waals surface area contributed by atoms with Crippen molar-refractivity contribution in [1.29, 1.82) is 0 Å². The Morgan fingerprint density at radius 2 is 1.86 bits per heavy atom. The minimum absolute atomic E-state index is 0.00481. The highest BCUT2D eigenvalue weighted by atomic mass is 16.5. The van der Waals surface area contributed by atoms with Gasteiger partial charge in [-0.05, 0) is 25.1 Å². The summed E-state index contributed by atoms with van der Waals surface area (Å²) in [5.74, 6) is -1.75. The molecule has 1 aliphatic rings. The fraction of sp³-hybridized carbons (Fsp3) is 0.125. The molecule has 0 atom stereocenters. The van der Waals surface area contributed by atoms with Gasteiger partial charge in [0, 0.05) is 6.20 Å². The zero-order valence-corrected chi connectivity index (χ0v) is 11.8. The zero-order valence-electron chi connectivity index (χ0n) is 11.8. The number of esters is 1. The van der Waals surface area contributed by atoms with Gasteiger partial charge in [-0.1, -0.05) is 18.2 Å². The third-order valence-corrected chi connectivity index (χ3v) is 3.28. The van der Waals surface area contributed by atoms with E-state index in [1.54, 1.807) is 37.3 Å². The minimum Gasteiger partial charge on any atom is -0.462 e. The SMILES string of the molecule is CCOC(=O)c1ccnc2c1C(=O)N(c1ccccc1)C2=O. The van der Waals surface area contributed by atoms with E-state index in [2.05, 4.69) is 4.98 Å². The minimum atomic E-state index is -0.641. The number of aromatic nitrogens is 1. The highest BCUT2D eigenvalue weighted by Crippen LogP contribution is 2.29. The van der Waals surface area contributed by atoms with Crippen molar-refractivity contribution in [2.45, 2.75) is 6.92 Å². The van der Waals surface area contributed by atoms with E-state index in [-0.39, 0.29) is 23.4 Å². The molecule has 1 aromatic carbocycles. The van der Waals surface area contributed by atoms with E-state index in [0.29, 0.717) is 5.69 Å². The van der Waals surface area contributed by atoms with Gasteiger partial charge in [-0.25, -0.2) is 9.69 Å². The lowest BCUT2D eigenvalue weighted by molar-refractivity contribution is 0.0523. The van der Waals surface area contributed by atoms with Gasteiger partial charge in [-0.15, -0.1) is 0 Å². The molecule has 0 fully saturated rings. The van der Waals surface area contributed by atoms with Crippen LogP contribution in [0.3, 0.4) is 0 Å². The summed E-state index contributed by atoms with van der Waals surface area (Å²) in [6.45, 7) is 1.85. The number of hydrogen-bond donors (Lipinski definition) is 0. The monoisotopic (exact) mass is 296 g/mol. The number of para-hydroxylation sites is 1. The average Bonchev–Trinajstić information content (AvgIpc) is 2.80. The molecular formula is C16H12N2O4. The summed E-state index contributed by atoms with van der Waals surface area (Å²) < 4.78 is 4.93. The predicted octanol–water partition coefficient (Wildman–Crippen LogP) is 2.06. The number of hydrogen-bond acceptors (Lipinski definition) is 5. The quantitative estimate of drug-likeness (QED) is 0.640. The first-order chi connectivity index (χ1) is 10.6. The number of pyridine rings is 1. The summed E-state index contributed by atoms with van der Waals surface area (Å²) in [6.07, 6.45) is 1.32. The topological polar surface area (TPSA) is 76.6 Å². The number of ether oxygens (including phenoxy) is 1. The molecule has 6 nitrogen and oxygen atoms in total. The summed E-state index contributed by atoms with van der Waals surface area (Å²) in [4.78, 5) is 42.0.